The molecule has 70 valence electrons. The van der Waals surface area contributed by atoms with Crippen LogP contribution < -0.4 is 0 Å². The molecule has 0 spiro atoms. The average Bonchev–Trinajstić information content (AvgIpc) is 1.99. The molecule has 4 nitrogen and oxygen atoms in total. The lowest BCUT2D eigenvalue weighted by molar-refractivity contribution is -0.468. The van der Waals surface area contributed by atoms with Gasteiger partial charge in [-0.2, -0.15) is 0 Å². The van der Waals surface area contributed by atoms with Crippen LogP contribution in [0.3, 0.4) is 0 Å². The van der Waals surface area contributed by atoms with Crippen LogP contribution in [0.15, 0.2) is 24.3 Å². The summed E-state index contributed by atoms with van der Waals surface area (Å²) in [6.45, 7) is 3.70. The molecule has 0 atom stereocenters. The van der Waals surface area contributed by atoms with E-state index in [1.165, 1.54) is 6.08 Å². The van der Waals surface area contributed by atoms with E-state index in [0.717, 1.165) is 0 Å². The van der Waals surface area contributed by atoms with Gasteiger partial charge in [0.25, 0.3) is 0 Å². The predicted molar refractivity (Wildman–Crippen MR) is 48.6 cm³/mol. The lowest BCUT2D eigenvalue weighted by atomic mass is 10.4. The minimum atomic E-state index is -0.375. The Kier molecular flexibility index (Phi) is 14.0. The molecule has 12 heavy (non-hydrogen) atoms. The van der Waals surface area contributed by atoms with Crippen molar-refractivity contribution in [2.75, 3.05) is 13.2 Å². The minimum Gasteiger partial charge on any atom is -0.397 e. The first-order valence-electron chi connectivity index (χ1n) is 3.69. The first-order valence-corrected chi connectivity index (χ1v) is 3.69. The van der Waals surface area contributed by atoms with Gasteiger partial charge in [-0.3, -0.25) is 10.1 Å². The molecule has 4 heteroatoms. The Morgan fingerprint density at radius 2 is 2.00 bits per heavy atom. The van der Waals surface area contributed by atoms with Gasteiger partial charge in [0.15, 0.2) is 0 Å². The van der Waals surface area contributed by atoms with Gasteiger partial charge < -0.3 is 5.11 Å². The summed E-state index contributed by atoms with van der Waals surface area (Å²) in [5.74, 6) is 0. The Hall–Kier alpha value is -1.16. The summed E-state index contributed by atoms with van der Waals surface area (Å²) < 4.78 is 0. The number of nitro groups is 1. The molecule has 0 heterocycles. The predicted octanol–water partition coefficient (Wildman–Crippen LogP) is 1.39. The number of rotatable bonds is 3. The highest BCUT2D eigenvalue weighted by Gasteiger charge is 1.83. The van der Waals surface area contributed by atoms with Crippen LogP contribution in [0.1, 0.15) is 13.8 Å². The number of hydrogen-bond donors (Lipinski definition) is 1. The standard InChI is InChI=1S/C6H9NO2.C2H6O/c1-2-3-4-5-6-7(8)9;1-2-3/h2-5H,6H2,1H3;3H,2H2,1H3/b3-2-,5-4-;. The summed E-state index contributed by atoms with van der Waals surface area (Å²) in [5, 5.41) is 17.3. The number of aliphatic hydroxyl groups is 1. The fourth-order valence-corrected chi connectivity index (χ4v) is 0.337. The zero-order chi connectivity index (χ0) is 9.82. The van der Waals surface area contributed by atoms with E-state index in [0.29, 0.717) is 0 Å². The first kappa shape index (κ1) is 13.4. The second-order valence-corrected chi connectivity index (χ2v) is 1.79. The van der Waals surface area contributed by atoms with Gasteiger partial charge in [0.1, 0.15) is 0 Å². The molecule has 0 aromatic carbocycles. The van der Waals surface area contributed by atoms with Crippen molar-refractivity contribution in [2.45, 2.75) is 13.8 Å². The number of aliphatic hydroxyl groups excluding tert-OH is 1. The first-order chi connectivity index (χ1) is 5.68. The molecule has 0 rings (SSSR count). The molecule has 0 aliphatic carbocycles. The van der Waals surface area contributed by atoms with Gasteiger partial charge in [-0.1, -0.05) is 18.2 Å². The number of hydrogen-bond acceptors (Lipinski definition) is 3. The molecule has 0 aliphatic rings. The van der Waals surface area contributed by atoms with Crippen LogP contribution in [0.4, 0.5) is 0 Å². The van der Waals surface area contributed by atoms with Crippen LogP contribution in [0.5, 0.6) is 0 Å². The van der Waals surface area contributed by atoms with Crippen LogP contribution in [-0.4, -0.2) is 23.2 Å². The van der Waals surface area contributed by atoms with Gasteiger partial charge >= 0.3 is 0 Å². The zero-order valence-corrected chi connectivity index (χ0v) is 7.43. The molecule has 0 bridgehead atoms. The Morgan fingerprint density at radius 3 is 2.33 bits per heavy atom. The van der Waals surface area contributed by atoms with E-state index in [-0.39, 0.29) is 18.1 Å². The highest BCUT2D eigenvalue weighted by atomic mass is 16.6. The summed E-state index contributed by atoms with van der Waals surface area (Å²) >= 11 is 0. The summed E-state index contributed by atoms with van der Waals surface area (Å²) in [6, 6.07) is 0. The molecule has 0 saturated heterocycles. The molecule has 0 aromatic heterocycles. The highest BCUT2D eigenvalue weighted by molar-refractivity contribution is 5.00. The molecule has 0 fully saturated rings. The van der Waals surface area contributed by atoms with Gasteiger partial charge in [-0.15, -0.1) is 0 Å². The third-order valence-electron chi connectivity index (χ3n) is 0.694. The van der Waals surface area contributed by atoms with Gasteiger partial charge in [0.05, 0.1) is 0 Å². The smallest absolute Gasteiger partial charge is 0.222 e. The second kappa shape index (κ2) is 12.5. The summed E-state index contributed by atoms with van der Waals surface area (Å²) in [4.78, 5) is 9.32. The Labute approximate surface area is 72.4 Å². The van der Waals surface area contributed by atoms with Crippen LogP contribution in [0, 0.1) is 10.1 Å². The zero-order valence-electron chi connectivity index (χ0n) is 7.43. The van der Waals surface area contributed by atoms with E-state index < -0.39 is 0 Å². The maximum Gasteiger partial charge on any atom is 0.222 e. The summed E-state index contributed by atoms with van der Waals surface area (Å²) in [7, 11) is 0. The van der Waals surface area contributed by atoms with E-state index in [2.05, 4.69) is 0 Å². The molecule has 0 amide bonds. The van der Waals surface area contributed by atoms with E-state index >= 15 is 0 Å². The van der Waals surface area contributed by atoms with Crippen LogP contribution in [0.2, 0.25) is 0 Å². The monoisotopic (exact) mass is 173 g/mol. The van der Waals surface area contributed by atoms with Gasteiger partial charge in [0, 0.05) is 11.5 Å². The fourth-order valence-electron chi connectivity index (χ4n) is 0.337. The fraction of sp³-hybridized carbons (Fsp3) is 0.500. The molecule has 0 aromatic rings. The van der Waals surface area contributed by atoms with Crippen LogP contribution >= 0.6 is 0 Å². The van der Waals surface area contributed by atoms with E-state index in [1.807, 2.05) is 13.0 Å². The SMILES string of the molecule is C/C=C\C=C/C[N+](=O)[O-].CCO. The van der Waals surface area contributed by atoms with Crippen molar-refractivity contribution in [2.24, 2.45) is 0 Å². The number of nitrogens with zero attached hydrogens (tertiary/aromatic N) is 1. The Balaban J connectivity index is 0. The maximum atomic E-state index is 9.69. The van der Waals surface area contributed by atoms with E-state index in [9.17, 15) is 10.1 Å². The van der Waals surface area contributed by atoms with Crippen molar-refractivity contribution in [1.29, 1.82) is 0 Å². The molecule has 0 unspecified atom stereocenters. The molecule has 0 aliphatic heterocycles. The highest BCUT2D eigenvalue weighted by Crippen LogP contribution is 1.76. The van der Waals surface area contributed by atoms with Crippen LogP contribution in [0.25, 0.3) is 0 Å². The van der Waals surface area contributed by atoms with Crippen molar-refractivity contribution in [3.8, 4) is 0 Å². The van der Waals surface area contributed by atoms with Crippen molar-refractivity contribution >= 4 is 0 Å². The summed E-state index contributed by atoms with van der Waals surface area (Å²) in [6.07, 6.45) is 6.72. The number of allylic oxidation sites excluding steroid dienone is 3. The minimum absolute atomic E-state index is 0.0929. The molecular weight excluding hydrogens is 158 g/mol. The lowest BCUT2D eigenvalue weighted by Crippen LogP contribution is -1.94. The topological polar surface area (TPSA) is 63.4 Å². The lowest BCUT2D eigenvalue weighted by Gasteiger charge is -1.79. The second-order valence-electron chi connectivity index (χ2n) is 1.79. The van der Waals surface area contributed by atoms with E-state index in [1.54, 1.807) is 19.1 Å². The average molecular weight is 173 g/mol. The third kappa shape index (κ3) is 23.2. The van der Waals surface area contributed by atoms with Crippen molar-refractivity contribution < 1.29 is 10.0 Å². The van der Waals surface area contributed by atoms with Crippen molar-refractivity contribution in [3.63, 3.8) is 0 Å². The molecule has 0 radical (unpaired) electrons. The largest absolute Gasteiger partial charge is 0.397 e. The van der Waals surface area contributed by atoms with E-state index in [4.69, 9.17) is 5.11 Å². The maximum absolute atomic E-state index is 9.69. The quantitative estimate of drug-likeness (QED) is 0.398. The van der Waals surface area contributed by atoms with Crippen LogP contribution in [-0.2, 0) is 0 Å². The van der Waals surface area contributed by atoms with Gasteiger partial charge in [0.2, 0.25) is 6.54 Å². The van der Waals surface area contributed by atoms with Gasteiger partial charge in [-0.05, 0) is 19.9 Å². The molecule has 0 saturated carbocycles. The normalized spacial score (nSPS) is 9.92. The van der Waals surface area contributed by atoms with Crippen molar-refractivity contribution in [1.82, 2.24) is 0 Å². The Bertz CT molecular complexity index is 152. The molecule has 1 N–H and O–H groups in total. The Morgan fingerprint density at radius 1 is 1.50 bits per heavy atom. The van der Waals surface area contributed by atoms with Crippen molar-refractivity contribution in [3.05, 3.63) is 34.4 Å². The van der Waals surface area contributed by atoms with Gasteiger partial charge in [-0.25, -0.2) is 0 Å². The summed E-state index contributed by atoms with van der Waals surface area (Å²) in [5.41, 5.74) is 0. The molecular formula is C8H15NO3. The third-order valence-corrected chi connectivity index (χ3v) is 0.694.